The Labute approximate surface area is 175 Å². The van der Waals surface area contributed by atoms with Crippen molar-refractivity contribution in [2.45, 2.75) is 13.3 Å². The van der Waals surface area contributed by atoms with Gasteiger partial charge in [0.1, 0.15) is 11.5 Å². The first kappa shape index (κ1) is 20.9. The molecule has 6 heteroatoms. The first-order valence-corrected chi connectivity index (χ1v) is 9.59. The van der Waals surface area contributed by atoms with Crippen molar-refractivity contribution in [2.75, 3.05) is 24.4 Å². The van der Waals surface area contributed by atoms with E-state index in [1.165, 1.54) is 7.11 Å². The highest BCUT2D eigenvalue weighted by molar-refractivity contribution is 6.10. The summed E-state index contributed by atoms with van der Waals surface area (Å²) in [5, 5.41) is 5.61. The number of rotatable bonds is 8. The maximum atomic E-state index is 12.8. The summed E-state index contributed by atoms with van der Waals surface area (Å²) >= 11 is 0. The third kappa shape index (κ3) is 5.61. The van der Waals surface area contributed by atoms with E-state index in [-0.39, 0.29) is 24.8 Å². The molecule has 0 saturated heterocycles. The quantitative estimate of drug-likeness (QED) is 0.572. The minimum absolute atomic E-state index is 0.163. The molecule has 3 aromatic carbocycles. The highest BCUT2D eigenvalue weighted by atomic mass is 16.5. The summed E-state index contributed by atoms with van der Waals surface area (Å²) in [6, 6.07) is 21.6. The van der Waals surface area contributed by atoms with E-state index in [0.29, 0.717) is 22.7 Å². The average Bonchev–Trinajstić information content (AvgIpc) is 2.74. The molecule has 0 radical (unpaired) electrons. The number of hydrogen-bond acceptors (Lipinski definition) is 4. The second-order valence-corrected chi connectivity index (χ2v) is 6.66. The third-order valence-electron chi connectivity index (χ3n) is 4.39. The van der Waals surface area contributed by atoms with Crippen molar-refractivity contribution >= 4 is 23.2 Å². The molecule has 2 N–H and O–H groups in total. The molecule has 0 atom stereocenters. The highest BCUT2D eigenvalue weighted by Gasteiger charge is 2.15. The molecule has 2 amide bonds. The van der Waals surface area contributed by atoms with Crippen LogP contribution in [0, 0.1) is 6.92 Å². The second-order valence-electron chi connectivity index (χ2n) is 6.66. The monoisotopic (exact) mass is 404 g/mol. The van der Waals surface area contributed by atoms with Gasteiger partial charge in [-0.3, -0.25) is 9.59 Å². The zero-order chi connectivity index (χ0) is 21.3. The van der Waals surface area contributed by atoms with Gasteiger partial charge in [0, 0.05) is 0 Å². The largest absolute Gasteiger partial charge is 0.495 e. The number of benzene rings is 3. The van der Waals surface area contributed by atoms with Gasteiger partial charge in [-0.2, -0.15) is 0 Å². The first-order valence-electron chi connectivity index (χ1n) is 9.59. The van der Waals surface area contributed by atoms with Gasteiger partial charge in [0.2, 0.25) is 5.91 Å². The van der Waals surface area contributed by atoms with Crippen LogP contribution in [0.1, 0.15) is 22.3 Å². The molecule has 0 aliphatic heterocycles. The summed E-state index contributed by atoms with van der Waals surface area (Å²) < 4.78 is 10.9. The summed E-state index contributed by atoms with van der Waals surface area (Å²) in [6.07, 6.45) is 0.163. The Bertz CT molecular complexity index is 1030. The van der Waals surface area contributed by atoms with Crippen LogP contribution >= 0.6 is 0 Å². The van der Waals surface area contributed by atoms with Gasteiger partial charge < -0.3 is 20.1 Å². The predicted molar refractivity (Wildman–Crippen MR) is 117 cm³/mol. The summed E-state index contributed by atoms with van der Waals surface area (Å²) in [7, 11) is 1.54. The standard InChI is InChI=1S/C24H24N2O4/c1-17-8-7-9-18(16-17)30-15-14-23(27)25-20-11-4-3-10-19(20)24(28)26-21-12-5-6-13-22(21)29-2/h3-13,16H,14-15H2,1-2H3,(H,25,27)(H,26,28). The lowest BCUT2D eigenvalue weighted by Gasteiger charge is -2.13. The minimum Gasteiger partial charge on any atom is -0.495 e. The molecule has 0 bridgehead atoms. The highest BCUT2D eigenvalue weighted by Crippen LogP contribution is 2.25. The summed E-state index contributed by atoms with van der Waals surface area (Å²) in [5.74, 6) is 0.701. The molecule has 0 aliphatic rings. The van der Waals surface area contributed by atoms with E-state index in [4.69, 9.17) is 9.47 Å². The smallest absolute Gasteiger partial charge is 0.257 e. The zero-order valence-electron chi connectivity index (χ0n) is 17.0. The molecular formula is C24H24N2O4. The van der Waals surface area contributed by atoms with Crippen LogP contribution in [0.2, 0.25) is 0 Å². The summed E-state index contributed by atoms with van der Waals surface area (Å²) in [4.78, 5) is 25.1. The van der Waals surface area contributed by atoms with Gasteiger partial charge in [-0.25, -0.2) is 0 Å². The van der Waals surface area contributed by atoms with Crippen LogP contribution in [0.5, 0.6) is 11.5 Å². The van der Waals surface area contributed by atoms with E-state index < -0.39 is 0 Å². The van der Waals surface area contributed by atoms with Gasteiger partial charge in [0.15, 0.2) is 0 Å². The van der Waals surface area contributed by atoms with E-state index in [2.05, 4.69) is 10.6 Å². The van der Waals surface area contributed by atoms with Gasteiger partial charge in [0.25, 0.3) is 5.91 Å². The molecule has 0 fully saturated rings. The Balaban J connectivity index is 1.61. The fraction of sp³-hybridized carbons (Fsp3) is 0.167. The molecule has 0 unspecified atom stereocenters. The van der Waals surface area contributed by atoms with Crippen LogP contribution in [-0.2, 0) is 4.79 Å². The predicted octanol–water partition coefficient (Wildman–Crippen LogP) is 4.66. The van der Waals surface area contributed by atoms with Gasteiger partial charge in [0.05, 0.1) is 37.1 Å². The van der Waals surface area contributed by atoms with Crippen LogP contribution < -0.4 is 20.1 Å². The lowest BCUT2D eigenvalue weighted by molar-refractivity contribution is -0.116. The van der Waals surface area contributed by atoms with Crippen LogP contribution in [-0.4, -0.2) is 25.5 Å². The Kier molecular flexibility index (Phi) is 7.05. The molecule has 0 aliphatic carbocycles. The van der Waals surface area contributed by atoms with Crippen molar-refractivity contribution in [1.29, 1.82) is 0 Å². The molecular weight excluding hydrogens is 380 g/mol. The fourth-order valence-electron chi connectivity index (χ4n) is 2.91. The average molecular weight is 404 g/mol. The fourth-order valence-corrected chi connectivity index (χ4v) is 2.91. The van der Waals surface area contributed by atoms with E-state index >= 15 is 0 Å². The lowest BCUT2D eigenvalue weighted by atomic mass is 10.1. The van der Waals surface area contributed by atoms with Gasteiger partial charge in [-0.05, 0) is 48.9 Å². The lowest BCUT2D eigenvalue weighted by Crippen LogP contribution is -2.19. The number of anilines is 2. The Morgan fingerprint density at radius 3 is 2.37 bits per heavy atom. The molecule has 3 aromatic rings. The van der Waals surface area contributed by atoms with Crippen molar-refractivity contribution in [3.63, 3.8) is 0 Å². The van der Waals surface area contributed by atoms with Gasteiger partial charge in [-0.1, -0.05) is 36.4 Å². The van der Waals surface area contributed by atoms with Gasteiger partial charge in [-0.15, -0.1) is 0 Å². The number of carbonyl (C=O) groups is 2. The van der Waals surface area contributed by atoms with Crippen molar-refractivity contribution in [1.82, 2.24) is 0 Å². The van der Waals surface area contributed by atoms with Crippen molar-refractivity contribution in [3.05, 3.63) is 83.9 Å². The van der Waals surface area contributed by atoms with E-state index in [1.807, 2.05) is 37.3 Å². The Morgan fingerprint density at radius 1 is 0.867 bits per heavy atom. The molecule has 0 saturated carbocycles. The van der Waals surface area contributed by atoms with Crippen molar-refractivity contribution < 1.29 is 19.1 Å². The molecule has 0 heterocycles. The number of carbonyl (C=O) groups excluding carboxylic acids is 2. The topological polar surface area (TPSA) is 76.7 Å². The maximum Gasteiger partial charge on any atom is 0.257 e. The van der Waals surface area contributed by atoms with E-state index in [1.54, 1.807) is 42.5 Å². The maximum absolute atomic E-state index is 12.8. The first-order chi connectivity index (χ1) is 14.6. The summed E-state index contributed by atoms with van der Waals surface area (Å²) in [6.45, 7) is 2.22. The Morgan fingerprint density at radius 2 is 1.60 bits per heavy atom. The zero-order valence-corrected chi connectivity index (χ0v) is 17.0. The molecule has 6 nitrogen and oxygen atoms in total. The van der Waals surface area contributed by atoms with Gasteiger partial charge >= 0.3 is 0 Å². The van der Waals surface area contributed by atoms with E-state index in [0.717, 1.165) is 11.3 Å². The molecule has 3 rings (SSSR count). The number of ether oxygens (including phenoxy) is 2. The number of amides is 2. The second kappa shape index (κ2) is 10.1. The third-order valence-corrected chi connectivity index (χ3v) is 4.39. The van der Waals surface area contributed by atoms with Crippen molar-refractivity contribution in [2.24, 2.45) is 0 Å². The number of nitrogens with one attached hydrogen (secondary N) is 2. The normalized spacial score (nSPS) is 10.2. The van der Waals surface area contributed by atoms with Crippen LogP contribution in [0.25, 0.3) is 0 Å². The molecule has 0 spiro atoms. The van der Waals surface area contributed by atoms with Crippen LogP contribution in [0.15, 0.2) is 72.8 Å². The Hall–Kier alpha value is -3.80. The molecule has 0 aromatic heterocycles. The number of aryl methyl sites for hydroxylation is 1. The van der Waals surface area contributed by atoms with Crippen LogP contribution in [0.3, 0.4) is 0 Å². The summed E-state index contributed by atoms with van der Waals surface area (Å²) in [5.41, 5.74) is 2.44. The number of hydrogen-bond donors (Lipinski definition) is 2. The SMILES string of the molecule is COc1ccccc1NC(=O)c1ccccc1NC(=O)CCOc1cccc(C)c1. The number of methoxy groups -OCH3 is 1. The van der Waals surface area contributed by atoms with E-state index in [9.17, 15) is 9.59 Å². The molecule has 154 valence electrons. The van der Waals surface area contributed by atoms with Crippen molar-refractivity contribution in [3.8, 4) is 11.5 Å². The number of para-hydroxylation sites is 3. The van der Waals surface area contributed by atoms with Crippen LogP contribution in [0.4, 0.5) is 11.4 Å². The molecule has 30 heavy (non-hydrogen) atoms. The minimum atomic E-state index is -0.341.